The average Bonchev–Trinajstić information content (AvgIpc) is 2.77. The molecule has 0 heterocycles. The summed E-state index contributed by atoms with van der Waals surface area (Å²) in [4.78, 5) is 23.6. The first-order chi connectivity index (χ1) is 16.5. The quantitative estimate of drug-likeness (QED) is 0.278. The molecule has 1 unspecified atom stereocenters. The van der Waals surface area contributed by atoms with Crippen LogP contribution in [0.2, 0.25) is 0 Å². The van der Waals surface area contributed by atoms with Gasteiger partial charge in [-0.25, -0.2) is 8.42 Å². The van der Waals surface area contributed by atoms with Crippen LogP contribution in [0.3, 0.4) is 0 Å². The maximum Gasteiger partial charge on any atom is 0.216 e. The van der Waals surface area contributed by atoms with Crippen molar-refractivity contribution >= 4 is 27.4 Å². The Labute approximate surface area is 227 Å². The Morgan fingerprint density at radius 3 is 1.14 bits per heavy atom. The largest absolute Gasteiger partial charge is 0.393 e. The minimum absolute atomic E-state index is 0.0394. The Morgan fingerprint density at radius 1 is 0.889 bits per heavy atom. The maximum atomic E-state index is 10.0. The molecule has 226 valence electrons. The number of hydrogen-bond acceptors (Lipinski definition) is 6. The fraction of sp³-hybridized carbons (Fsp3) is 0.889. The molecular weight excluding hydrogens is 478 g/mol. The molecule has 0 aromatic carbocycles. The first-order valence-electron chi connectivity index (χ1n) is 13.3. The standard InChI is InChI=1S/C4H10N2.C4H9NO.C4H10O.C4H8O.C3H8O2S.2C3H8.C2H6/c1-3-6-4(2)5;1-3-5-4(2)6;2*1-3-4(2)5;1-3-6(2,4)5;2*1-3-2;1-2/h3H2,1-2H3,(H2,5,6);3H2,1-2H3,(H,5,6);4-5H,3H2,1-2H3;3H2,1-2H3;3H2,1-2H3;2*3H2,1-2H3;1-2H3. The predicted octanol–water partition coefficient (Wildman–Crippen LogP) is 6.20. The van der Waals surface area contributed by atoms with Crippen LogP contribution in [0.5, 0.6) is 0 Å². The van der Waals surface area contributed by atoms with Gasteiger partial charge in [0.05, 0.1) is 11.9 Å². The molecule has 0 radical (unpaired) electrons. The van der Waals surface area contributed by atoms with Gasteiger partial charge in [0.15, 0.2) is 0 Å². The highest BCUT2D eigenvalue weighted by Gasteiger charge is 1.90. The number of rotatable bonds is 5. The van der Waals surface area contributed by atoms with Crippen molar-refractivity contribution in [3.8, 4) is 0 Å². The van der Waals surface area contributed by atoms with Crippen LogP contribution in [0.15, 0.2) is 4.99 Å². The highest BCUT2D eigenvalue weighted by molar-refractivity contribution is 7.90. The smallest absolute Gasteiger partial charge is 0.216 e. The van der Waals surface area contributed by atoms with Gasteiger partial charge >= 0.3 is 0 Å². The Kier molecular flexibility index (Phi) is 83.4. The van der Waals surface area contributed by atoms with E-state index in [0.717, 1.165) is 19.5 Å². The Balaban J connectivity index is -0.0000000424. The lowest BCUT2D eigenvalue weighted by Crippen LogP contribution is -2.18. The van der Waals surface area contributed by atoms with Crippen molar-refractivity contribution in [3.63, 3.8) is 0 Å². The van der Waals surface area contributed by atoms with Gasteiger partial charge in [0.1, 0.15) is 15.6 Å². The van der Waals surface area contributed by atoms with Gasteiger partial charge in [-0.3, -0.25) is 9.79 Å². The molecule has 0 fully saturated rings. The van der Waals surface area contributed by atoms with E-state index in [1.54, 1.807) is 27.7 Å². The van der Waals surface area contributed by atoms with Crippen molar-refractivity contribution in [1.29, 1.82) is 0 Å². The van der Waals surface area contributed by atoms with Crippen LogP contribution in [0.25, 0.3) is 0 Å². The van der Waals surface area contributed by atoms with E-state index < -0.39 is 9.84 Å². The minimum atomic E-state index is -2.66. The fourth-order valence-corrected chi connectivity index (χ4v) is 0.498. The topological polar surface area (TPSA) is 139 Å². The molecule has 0 spiro atoms. The summed E-state index contributed by atoms with van der Waals surface area (Å²) in [7, 11) is -2.66. The first kappa shape index (κ1) is 55.1. The highest BCUT2D eigenvalue weighted by atomic mass is 32.2. The van der Waals surface area contributed by atoms with Crippen LogP contribution < -0.4 is 11.1 Å². The number of ketones is 1. The molecule has 0 aromatic rings. The number of nitrogens with two attached hydrogens (primary N) is 1. The third-order valence-electron chi connectivity index (χ3n) is 2.45. The molecule has 1 amide bonds. The van der Waals surface area contributed by atoms with E-state index in [1.165, 1.54) is 26.0 Å². The van der Waals surface area contributed by atoms with Crippen molar-refractivity contribution in [2.75, 3.05) is 25.1 Å². The highest BCUT2D eigenvalue weighted by Crippen LogP contribution is 1.81. The molecule has 0 saturated carbocycles. The number of carbonyl (C=O) groups is 2. The van der Waals surface area contributed by atoms with Gasteiger partial charge in [-0.2, -0.15) is 0 Å². The summed E-state index contributed by atoms with van der Waals surface area (Å²) in [6.07, 6.45) is 5.13. The molecule has 8 nitrogen and oxygen atoms in total. The predicted molar refractivity (Wildman–Crippen MR) is 164 cm³/mol. The van der Waals surface area contributed by atoms with Gasteiger partial charge in [0.25, 0.3) is 0 Å². The molecule has 0 saturated heterocycles. The number of nitrogens with zero attached hydrogens (tertiary/aromatic N) is 1. The summed E-state index contributed by atoms with van der Waals surface area (Å²) >= 11 is 0. The minimum Gasteiger partial charge on any atom is -0.393 e. The lowest BCUT2D eigenvalue weighted by molar-refractivity contribution is -0.119. The fourth-order valence-electron chi connectivity index (χ4n) is 0.498. The molecule has 0 aromatic heterocycles. The van der Waals surface area contributed by atoms with Gasteiger partial charge in [0.2, 0.25) is 5.91 Å². The summed E-state index contributed by atoms with van der Waals surface area (Å²) in [6.45, 7) is 29.9. The number of aliphatic imine (C=N–C) groups is 1. The van der Waals surface area contributed by atoms with Gasteiger partial charge in [-0.05, 0) is 41.0 Å². The van der Waals surface area contributed by atoms with Crippen LogP contribution in [0.1, 0.15) is 130 Å². The summed E-state index contributed by atoms with van der Waals surface area (Å²) in [6, 6.07) is 0. The number of aliphatic hydroxyl groups excluding tert-OH is 1. The maximum absolute atomic E-state index is 10.0. The average molecular weight is 546 g/mol. The lowest BCUT2D eigenvalue weighted by Gasteiger charge is -1.90. The molecule has 0 rings (SSSR count). The second-order valence-corrected chi connectivity index (χ2v) is 9.57. The number of hydrogen-bond donors (Lipinski definition) is 3. The van der Waals surface area contributed by atoms with E-state index in [1.807, 2.05) is 41.5 Å². The number of amidine groups is 1. The van der Waals surface area contributed by atoms with Crippen LogP contribution >= 0.6 is 0 Å². The van der Waals surface area contributed by atoms with E-state index >= 15 is 0 Å². The Hall–Kier alpha value is -1.48. The lowest BCUT2D eigenvalue weighted by atomic mass is 10.3. The number of Topliss-reactive ketones (excluding diaryl/α,β-unsaturated/α-hetero) is 1. The third kappa shape index (κ3) is 243. The normalized spacial score (nSPS) is 9.53. The Bertz CT molecular complexity index is 502. The summed E-state index contributed by atoms with van der Waals surface area (Å²) < 4.78 is 20.0. The summed E-state index contributed by atoms with van der Waals surface area (Å²) in [5, 5.41) is 10.9. The van der Waals surface area contributed by atoms with Gasteiger partial charge in [-0.15, -0.1) is 0 Å². The molecule has 9 heteroatoms. The third-order valence-corrected chi connectivity index (χ3v) is 3.50. The monoisotopic (exact) mass is 545 g/mol. The summed E-state index contributed by atoms with van der Waals surface area (Å²) in [5.74, 6) is 1.20. The number of nitrogens with one attached hydrogen (secondary N) is 1. The van der Waals surface area contributed by atoms with Crippen LogP contribution in [-0.4, -0.2) is 62.3 Å². The molecule has 0 aliphatic carbocycles. The SMILES string of the molecule is CC.CCC.CCC.CCC(C)=O.CCC(C)O.CCN=C(C)N.CCNC(C)=O.CCS(C)(=O)=O. The van der Waals surface area contributed by atoms with E-state index in [2.05, 4.69) is 38.0 Å². The van der Waals surface area contributed by atoms with E-state index in [-0.39, 0.29) is 23.5 Å². The second kappa shape index (κ2) is 54.4. The number of aliphatic hydroxyl groups is 1. The molecule has 0 aliphatic heterocycles. The Morgan fingerprint density at radius 2 is 1.14 bits per heavy atom. The number of sulfone groups is 1. The van der Waals surface area contributed by atoms with Crippen molar-refractivity contribution in [3.05, 3.63) is 0 Å². The zero-order chi connectivity index (χ0) is 31.2. The summed E-state index contributed by atoms with van der Waals surface area (Å²) in [5.41, 5.74) is 5.15. The van der Waals surface area contributed by atoms with Crippen molar-refractivity contribution < 1.29 is 23.1 Å². The van der Waals surface area contributed by atoms with Crippen molar-refractivity contribution in [1.82, 2.24) is 5.32 Å². The van der Waals surface area contributed by atoms with Crippen LogP contribution in [0.4, 0.5) is 0 Å². The number of carbonyl (C=O) groups excluding carboxylic acids is 2. The van der Waals surface area contributed by atoms with E-state index in [9.17, 15) is 18.0 Å². The van der Waals surface area contributed by atoms with Gasteiger partial charge in [-0.1, -0.05) is 75.2 Å². The molecule has 0 bridgehead atoms. The van der Waals surface area contributed by atoms with Crippen molar-refractivity contribution in [2.24, 2.45) is 10.7 Å². The van der Waals surface area contributed by atoms with Crippen molar-refractivity contribution in [2.45, 2.75) is 136 Å². The molecule has 1 atom stereocenters. The van der Waals surface area contributed by atoms with Crippen LogP contribution in [0, 0.1) is 0 Å². The zero-order valence-electron chi connectivity index (χ0n) is 27.0. The van der Waals surface area contributed by atoms with Gasteiger partial charge < -0.3 is 21.0 Å². The molecule has 4 N–H and O–H groups in total. The molecule has 36 heavy (non-hydrogen) atoms. The van der Waals surface area contributed by atoms with E-state index in [0.29, 0.717) is 12.3 Å². The number of amides is 1. The van der Waals surface area contributed by atoms with E-state index in [4.69, 9.17) is 10.8 Å². The molecular formula is C27H67N3O5S. The zero-order valence-corrected chi connectivity index (χ0v) is 27.9. The second-order valence-electron chi connectivity index (χ2n) is 7.14. The van der Waals surface area contributed by atoms with Crippen LogP contribution in [-0.2, 0) is 19.4 Å². The first-order valence-corrected chi connectivity index (χ1v) is 15.4. The van der Waals surface area contributed by atoms with Gasteiger partial charge in [0, 0.05) is 38.4 Å². The molecule has 0 aliphatic rings.